The van der Waals surface area contributed by atoms with Crippen molar-refractivity contribution >= 4 is 51.4 Å². The number of hydrogen-bond acceptors (Lipinski definition) is 3. The molecule has 2 rings (SSSR count). The van der Waals surface area contributed by atoms with Gasteiger partial charge in [-0.3, -0.25) is 4.99 Å². The molecule has 1 aliphatic rings. The first-order valence-corrected chi connectivity index (χ1v) is 9.79. The van der Waals surface area contributed by atoms with Gasteiger partial charge >= 0.3 is 0 Å². The highest BCUT2D eigenvalue weighted by molar-refractivity contribution is 14.0. The van der Waals surface area contributed by atoms with Crippen LogP contribution in [-0.2, 0) is 16.3 Å². The minimum atomic E-state index is -2.94. The van der Waals surface area contributed by atoms with Gasteiger partial charge in [-0.05, 0) is 31.9 Å². The first-order chi connectivity index (χ1) is 10.9. The largest absolute Gasteiger partial charge is 0.357 e. The molecule has 1 aromatic carbocycles. The lowest BCUT2D eigenvalue weighted by Crippen LogP contribution is -2.44. The van der Waals surface area contributed by atoms with Gasteiger partial charge < -0.3 is 10.6 Å². The first-order valence-electron chi connectivity index (χ1n) is 7.59. The molecule has 1 heterocycles. The van der Waals surface area contributed by atoms with E-state index in [2.05, 4.69) is 15.6 Å². The molecule has 0 amide bonds. The fourth-order valence-electron chi connectivity index (χ4n) is 2.47. The van der Waals surface area contributed by atoms with E-state index in [1.165, 1.54) is 6.07 Å². The molecule has 1 aliphatic heterocycles. The zero-order valence-corrected chi connectivity index (χ0v) is 17.3. The van der Waals surface area contributed by atoms with E-state index in [4.69, 9.17) is 11.6 Å². The van der Waals surface area contributed by atoms with Gasteiger partial charge in [0.05, 0.1) is 11.5 Å². The molecular weight excluding hydrogens is 468 g/mol. The Balaban J connectivity index is 0.00000288. The Morgan fingerprint density at radius 1 is 1.46 bits per heavy atom. The number of halogens is 3. The minimum Gasteiger partial charge on any atom is -0.357 e. The summed E-state index contributed by atoms with van der Waals surface area (Å²) in [6, 6.07) is 4.46. The van der Waals surface area contributed by atoms with Crippen LogP contribution in [0.3, 0.4) is 0 Å². The topological polar surface area (TPSA) is 70.6 Å². The van der Waals surface area contributed by atoms with Crippen molar-refractivity contribution in [2.24, 2.45) is 4.99 Å². The van der Waals surface area contributed by atoms with Crippen LogP contribution in [-0.4, -0.2) is 45.0 Å². The molecule has 0 bridgehead atoms. The normalized spacial score (nSPS) is 19.6. The predicted octanol–water partition coefficient (Wildman–Crippen LogP) is 2.38. The number of nitrogens with one attached hydrogen (secondary N) is 2. The lowest BCUT2D eigenvalue weighted by molar-refractivity contribution is 0.599. The van der Waals surface area contributed by atoms with Crippen molar-refractivity contribution < 1.29 is 12.8 Å². The number of rotatable bonds is 5. The molecule has 1 fully saturated rings. The van der Waals surface area contributed by atoms with Crippen molar-refractivity contribution in [3.05, 3.63) is 34.6 Å². The van der Waals surface area contributed by atoms with Crippen molar-refractivity contribution in [2.45, 2.75) is 25.8 Å². The zero-order chi connectivity index (χ0) is 16.9. The lowest BCUT2D eigenvalue weighted by Gasteiger charge is -2.15. The predicted molar refractivity (Wildman–Crippen MR) is 107 cm³/mol. The van der Waals surface area contributed by atoms with E-state index in [9.17, 15) is 12.8 Å². The van der Waals surface area contributed by atoms with Crippen LogP contribution in [0.15, 0.2) is 23.2 Å². The number of guanidine groups is 1. The van der Waals surface area contributed by atoms with Crippen LogP contribution in [0.5, 0.6) is 0 Å². The van der Waals surface area contributed by atoms with Crippen LogP contribution in [0.1, 0.15) is 18.9 Å². The lowest BCUT2D eigenvalue weighted by atomic mass is 10.1. The molecule has 0 spiro atoms. The Kier molecular flexibility index (Phi) is 8.72. The fraction of sp³-hybridized carbons (Fsp3) is 0.533. The van der Waals surface area contributed by atoms with Crippen molar-refractivity contribution in [1.29, 1.82) is 0 Å². The van der Waals surface area contributed by atoms with Gasteiger partial charge in [-0.25, -0.2) is 12.8 Å². The third kappa shape index (κ3) is 6.36. The maximum Gasteiger partial charge on any atom is 0.191 e. The van der Waals surface area contributed by atoms with Crippen LogP contribution < -0.4 is 10.6 Å². The van der Waals surface area contributed by atoms with E-state index in [1.807, 2.05) is 6.92 Å². The van der Waals surface area contributed by atoms with Gasteiger partial charge in [0.25, 0.3) is 0 Å². The standard InChI is InChI=1S/C15H21ClFN3O2S.HI/c1-2-18-15(20-11-7-9-23(21,22)10-11)19-8-6-12-13(16)4-3-5-14(12)17;/h3-5,11H,2,6-10H2,1H3,(H2,18,19,20);1H. The Labute approximate surface area is 164 Å². The summed E-state index contributed by atoms with van der Waals surface area (Å²) in [7, 11) is -2.94. The molecule has 1 unspecified atom stereocenters. The molecule has 136 valence electrons. The summed E-state index contributed by atoms with van der Waals surface area (Å²) in [6.07, 6.45) is 0.955. The van der Waals surface area contributed by atoms with Crippen LogP contribution >= 0.6 is 35.6 Å². The Morgan fingerprint density at radius 3 is 2.79 bits per heavy atom. The number of hydrogen-bond donors (Lipinski definition) is 2. The number of sulfone groups is 1. The minimum absolute atomic E-state index is 0. The van der Waals surface area contributed by atoms with Crippen LogP contribution in [0.4, 0.5) is 4.39 Å². The number of benzene rings is 1. The molecule has 0 aliphatic carbocycles. The molecular formula is C15H22ClFIN3O2S. The van der Waals surface area contributed by atoms with Gasteiger partial charge in [0.15, 0.2) is 15.8 Å². The smallest absolute Gasteiger partial charge is 0.191 e. The third-order valence-corrected chi connectivity index (χ3v) is 5.73. The Morgan fingerprint density at radius 2 is 2.21 bits per heavy atom. The maximum absolute atomic E-state index is 13.7. The quantitative estimate of drug-likeness (QED) is 0.379. The van der Waals surface area contributed by atoms with E-state index < -0.39 is 9.84 Å². The SMILES string of the molecule is CCNC(=NCCc1c(F)cccc1Cl)NC1CCS(=O)(=O)C1.I. The Bertz CT molecular complexity index is 665. The summed E-state index contributed by atoms with van der Waals surface area (Å²) in [6.45, 7) is 2.94. The second-order valence-corrected chi connectivity index (χ2v) is 8.09. The summed E-state index contributed by atoms with van der Waals surface area (Å²) in [4.78, 5) is 4.38. The van der Waals surface area contributed by atoms with E-state index >= 15 is 0 Å². The molecule has 2 N–H and O–H groups in total. The maximum atomic E-state index is 13.7. The highest BCUT2D eigenvalue weighted by Crippen LogP contribution is 2.19. The molecule has 1 atom stereocenters. The van der Waals surface area contributed by atoms with Crippen LogP contribution in [0.25, 0.3) is 0 Å². The number of aliphatic imine (C=N–C) groups is 1. The zero-order valence-electron chi connectivity index (χ0n) is 13.4. The molecule has 24 heavy (non-hydrogen) atoms. The number of nitrogens with zero attached hydrogens (tertiary/aromatic N) is 1. The van der Waals surface area contributed by atoms with E-state index in [-0.39, 0.29) is 47.3 Å². The van der Waals surface area contributed by atoms with Gasteiger partial charge in [-0.15, -0.1) is 24.0 Å². The van der Waals surface area contributed by atoms with E-state index in [1.54, 1.807) is 12.1 Å². The molecule has 0 aromatic heterocycles. The average Bonchev–Trinajstić information content (AvgIpc) is 2.81. The van der Waals surface area contributed by atoms with Gasteiger partial charge in [0, 0.05) is 29.7 Å². The molecule has 0 saturated carbocycles. The summed E-state index contributed by atoms with van der Waals surface area (Å²) >= 11 is 5.99. The molecule has 0 radical (unpaired) electrons. The van der Waals surface area contributed by atoms with Gasteiger partial charge in [0.2, 0.25) is 0 Å². The highest BCUT2D eigenvalue weighted by Gasteiger charge is 2.28. The van der Waals surface area contributed by atoms with Crippen molar-refractivity contribution in [3.63, 3.8) is 0 Å². The van der Waals surface area contributed by atoms with E-state index in [0.717, 1.165) is 0 Å². The fourth-order valence-corrected chi connectivity index (χ4v) is 4.40. The van der Waals surface area contributed by atoms with Crippen molar-refractivity contribution in [1.82, 2.24) is 10.6 Å². The molecule has 1 aromatic rings. The molecule has 9 heteroatoms. The highest BCUT2D eigenvalue weighted by atomic mass is 127. The Hall–Kier alpha value is -0.610. The average molecular weight is 490 g/mol. The summed E-state index contributed by atoms with van der Waals surface area (Å²) in [5.74, 6) is 0.528. The molecule has 5 nitrogen and oxygen atoms in total. The molecule has 1 saturated heterocycles. The second-order valence-electron chi connectivity index (χ2n) is 5.46. The summed E-state index contributed by atoms with van der Waals surface area (Å²) in [5.41, 5.74) is 0.442. The van der Waals surface area contributed by atoms with Gasteiger partial charge in [-0.1, -0.05) is 17.7 Å². The second kappa shape index (κ2) is 9.76. The van der Waals surface area contributed by atoms with E-state index in [0.29, 0.717) is 42.5 Å². The third-order valence-electron chi connectivity index (χ3n) is 3.61. The van der Waals surface area contributed by atoms with Gasteiger partial charge in [-0.2, -0.15) is 0 Å². The monoisotopic (exact) mass is 489 g/mol. The van der Waals surface area contributed by atoms with Gasteiger partial charge in [0.1, 0.15) is 5.82 Å². The summed E-state index contributed by atoms with van der Waals surface area (Å²) in [5, 5.41) is 6.58. The first kappa shape index (κ1) is 21.4. The van der Waals surface area contributed by atoms with Crippen molar-refractivity contribution in [3.8, 4) is 0 Å². The van der Waals surface area contributed by atoms with Crippen LogP contribution in [0, 0.1) is 5.82 Å². The van der Waals surface area contributed by atoms with Crippen molar-refractivity contribution in [2.75, 3.05) is 24.6 Å². The van der Waals surface area contributed by atoms with Crippen LogP contribution in [0.2, 0.25) is 5.02 Å². The summed E-state index contributed by atoms with van der Waals surface area (Å²) < 4.78 is 36.7.